The van der Waals surface area contributed by atoms with E-state index in [4.69, 9.17) is 23.2 Å². The highest BCUT2D eigenvalue weighted by molar-refractivity contribution is 6.42. The minimum atomic E-state index is -0.415. The van der Waals surface area contributed by atoms with Crippen molar-refractivity contribution >= 4 is 34.6 Å². The Bertz CT molecular complexity index is 516. The first-order valence-electron chi connectivity index (χ1n) is 6.46. The zero-order chi connectivity index (χ0) is 13.6. The summed E-state index contributed by atoms with van der Waals surface area (Å²) in [6, 6.07) is 3.24. The maximum absolute atomic E-state index is 11.1. The predicted molar refractivity (Wildman–Crippen MR) is 76.0 cm³/mol. The summed E-state index contributed by atoms with van der Waals surface area (Å²) in [6.07, 6.45) is 4.85. The summed E-state index contributed by atoms with van der Waals surface area (Å²) in [5.41, 5.74) is 0.490. The molecule has 0 amide bonds. The normalized spacial score (nSPS) is 18.7. The van der Waals surface area contributed by atoms with Crippen molar-refractivity contribution in [2.24, 2.45) is 11.8 Å². The number of hydrogen-bond acceptors (Lipinski definition) is 3. The number of nitrogens with one attached hydrogen (secondary N) is 1. The molecule has 0 saturated heterocycles. The van der Waals surface area contributed by atoms with Crippen molar-refractivity contribution in [3.8, 4) is 0 Å². The van der Waals surface area contributed by atoms with Gasteiger partial charge in [0.2, 0.25) is 0 Å². The van der Waals surface area contributed by atoms with E-state index in [0.717, 1.165) is 0 Å². The van der Waals surface area contributed by atoms with Gasteiger partial charge in [0.1, 0.15) is 5.69 Å². The van der Waals surface area contributed by atoms with Crippen molar-refractivity contribution in [2.45, 2.75) is 31.7 Å². The molecule has 0 spiro atoms. The summed E-state index contributed by atoms with van der Waals surface area (Å²) >= 11 is 11.8. The van der Waals surface area contributed by atoms with Crippen molar-refractivity contribution in [3.05, 3.63) is 32.3 Å². The molecule has 1 N–H and O–H groups in total. The fourth-order valence-electron chi connectivity index (χ4n) is 2.51. The van der Waals surface area contributed by atoms with Crippen LogP contribution in [0, 0.1) is 22.0 Å². The zero-order valence-corrected chi connectivity index (χ0v) is 11.7. The van der Waals surface area contributed by atoms with Crippen molar-refractivity contribution in [1.29, 1.82) is 0 Å². The van der Waals surface area contributed by atoms with Crippen LogP contribution in [0.1, 0.15) is 25.7 Å². The molecule has 6 heteroatoms. The second kappa shape index (κ2) is 4.84. The molecular formula is C13H14Cl2N2O2. The number of halogens is 2. The van der Waals surface area contributed by atoms with Gasteiger partial charge in [0.15, 0.2) is 0 Å². The van der Waals surface area contributed by atoms with Gasteiger partial charge in [-0.3, -0.25) is 10.1 Å². The Hall–Kier alpha value is -1.00. The summed E-state index contributed by atoms with van der Waals surface area (Å²) in [6.45, 7) is 0. The topological polar surface area (TPSA) is 55.2 Å². The third-order valence-electron chi connectivity index (χ3n) is 3.82. The van der Waals surface area contributed by atoms with Crippen LogP contribution >= 0.6 is 23.2 Å². The van der Waals surface area contributed by atoms with Gasteiger partial charge in [-0.2, -0.15) is 0 Å². The van der Waals surface area contributed by atoms with Crippen LogP contribution in [0.3, 0.4) is 0 Å². The average molecular weight is 301 g/mol. The molecule has 19 heavy (non-hydrogen) atoms. The van der Waals surface area contributed by atoms with Crippen LogP contribution in [0.15, 0.2) is 12.1 Å². The molecule has 3 rings (SSSR count). The highest BCUT2D eigenvalue weighted by atomic mass is 35.5. The summed E-state index contributed by atoms with van der Waals surface area (Å²) in [5.74, 6) is 1.31. The maximum Gasteiger partial charge on any atom is 0.293 e. The van der Waals surface area contributed by atoms with E-state index in [2.05, 4.69) is 5.32 Å². The molecule has 0 atom stereocenters. The first-order chi connectivity index (χ1) is 9.06. The Morgan fingerprint density at radius 2 is 1.68 bits per heavy atom. The van der Waals surface area contributed by atoms with Crippen LogP contribution in [0.4, 0.5) is 11.4 Å². The molecule has 0 radical (unpaired) electrons. The summed E-state index contributed by atoms with van der Waals surface area (Å²) in [7, 11) is 0. The molecule has 2 aliphatic carbocycles. The van der Waals surface area contributed by atoms with E-state index in [0.29, 0.717) is 28.6 Å². The van der Waals surface area contributed by atoms with Gasteiger partial charge in [0, 0.05) is 12.1 Å². The fraction of sp³-hybridized carbons (Fsp3) is 0.538. The van der Waals surface area contributed by atoms with Gasteiger partial charge in [-0.15, -0.1) is 0 Å². The van der Waals surface area contributed by atoms with Crippen LogP contribution in [-0.4, -0.2) is 11.0 Å². The first-order valence-corrected chi connectivity index (χ1v) is 7.22. The van der Waals surface area contributed by atoms with Crippen LogP contribution in [0.25, 0.3) is 0 Å². The SMILES string of the molecule is O=[N+]([O-])c1cc(Cl)c(Cl)cc1NC(C1CC1)C1CC1. The third-order valence-corrected chi connectivity index (χ3v) is 4.54. The van der Waals surface area contributed by atoms with Crippen LogP contribution in [-0.2, 0) is 0 Å². The quantitative estimate of drug-likeness (QED) is 0.643. The van der Waals surface area contributed by atoms with Crippen molar-refractivity contribution in [3.63, 3.8) is 0 Å². The van der Waals surface area contributed by atoms with Crippen molar-refractivity contribution in [1.82, 2.24) is 0 Å². The largest absolute Gasteiger partial charge is 0.376 e. The minimum Gasteiger partial charge on any atom is -0.376 e. The molecule has 0 bridgehead atoms. The number of nitro groups is 1. The highest BCUT2D eigenvalue weighted by Gasteiger charge is 2.42. The molecule has 0 aliphatic heterocycles. The number of nitro benzene ring substituents is 1. The Morgan fingerprint density at radius 1 is 1.16 bits per heavy atom. The Morgan fingerprint density at radius 3 is 2.16 bits per heavy atom. The molecule has 1 aromatic carbocycles. The van der Waals surface area contributed by atoms with Gasteiger partial charge < -0.3 is 5.32 Å². The Balaban J connectivity index is 1.89. The lowest BCUT2D eigenvalue weighted by atomic mass is 10.1. The van der Waals surface area contributed by atoms with Gasteiger partial charge in [0.05, 0.1) is 15.0 Å². The van der Waals surface area contributed by atoms with Gasteiger partial charge in [-0.05, 0) is 43.6 Å². The fourth-order valence-corrected chi connectivity index (χ4v) is 2.84. The van der Waals surface area contributed by atoms with E-state index >= 15 is 0 Å². The zero-order valence-electron chi connectivity index (χ0n) is 10.2. The van der Waals surface area contributed by atoms with Crippen LogP contribution in [0.5, 0.6) is 0 Å². The molecule has 1 aromatic rings. The number of anilines is 1. The standard InChI is InChI=1S/C13H14Cl2N2O2/c14-9-5-11(12(17(18)19)6-10(9)15)16-13(7-1-2-7)8-3-4-8/h5-8,13,16H,1-4H2. The molecule has 2 fully saturated rings. The molecule has 0 unspecified atom stereocenters. The molecule has 102 valence electrons. The Labute approximate surface area is 121 Å². The number of rotatable bonds is 5. The molecular weight excluding hydrogens is 287 g/mol. The highest BCUT2D eigenvalue weighted by Crippen LogP contribution is 2.47. The number of nitrogens with zero attached hydrogens (tertiary/aromatic N) is 1. The van der Waals surface area contributed by atoms with E-state index in [1.54, 1.807) is 6.07 Å². The Kier molecular flexibility index (Phi) is 3.31. The lowest BCUT2D eigenvalue weighted by Gasteiger charge is -2.19. The van der Waals surface area contributed by atoms with E-state index in [-0.39, 0.29) is 10.7 Å². The molecule has 2 aliphatic rings. The lowest BCUT2D eigenvalue weighted by molar-refractivity contribution is -0.384. The van der Waals surface area contributed by atoms with Crippen LogP contribution in [0.2, 0.25) is 10.0 Å². The molecule has 0 heterocycles. The monoisotopic (exact) mass is 300 g/mol. The first kappa shape index (κ1) is 13.0. The van der Waals surface area contributed by atoms with Gasteiger partial charge in [0.25, 0.3) is 5.69 Å². The van der Waals surface area contributed by atoms with Gasteiger partial charge in [-0.1, -0.05) is 23.2 Å². The number of benzene rings is 1. The van der Waals surface area contributed by atoms with Gasteiger partial charge in [-0.25, -0.2) is 0 Å². The summed E-state index contributed by atoms with van der Waals surface area (Å²) in [5, 5.41) is 15.0. The number of hydrogen-bond donors (Lipinski definition) is 1. The molecule has 4 nitrogen and oxygen atoms in total. The van der Waals surface area contributed by atoms with E-state index in [9.17, 15) is 10.1 Å². The summed E-state index contributed by atoms with van der Waals surface area (Å²) < 4.78 is 0. The van der Waals surface area contributed by atoms with Crippen molar-refractivity contribution in [2.75, 3.05) is 5.32 Å². The smallest absolute Gasteiger partial charge is 0.293 e. The second-order valence-electron chi connectivity index (χ2n) is 5.39. The average Bonchev–Trinajstić information content (AvgIpc) is 3.23. The lowest BCUT2D eigenvalue weighted by Crippen LogP contribution is -2.24. The third kappa shape index (κ3) is 2.79. The van der Waals surface area contributed by atoms with Crippen molar-refractivity contribution < 1.29 is 4.92 Å². The van der Waals surface area contributed by atoms with E-state index < -0.39 is 4.92 Å². The maximum atomic E-state index is 11.1. The van der Waals surface area contributed by atoms with E-state index in [1.807, 2.05) is 0 Å². The van der Waals surface area contributed by atoms with Gasteiger partial charge >= 0.3 is 0 Å². The second-order valence-corrected chi connectivity index (χ2v) is 6.20. The molecule has 0 aromatic heterocycles. The molecule has 2 saturated carbocycles. The van der Waals surface area contributed by atoms with E-state index in [1.165, 1.54) is 31.7 Å². The predicted octanol–water partition coefficient (Wildman–Crippen LogP) is 4.50. The minimum absolute atomic E-state index is 0.000648. The van der Waals surface area contributed by atoms with Crippen LogP contribution < -0.4 is 5.32 Å². The summed E-state index contributed by atoms with van der Waals surface area (Å²) in [4.78, 5) is 10.7.